The molecule has 2 atom stereocenters. The van der Waals surface area contributed by atoms with Gasteiger partial charge in [-0.2, -0.15) is 0 Å². The summed E-state index contributed by atoms with van der Waals surface area (Å²) in [6.07, 6.45) is 0.791. The van der Waals surface area contributed by atoms with E-state index in [1.807, 2.05) is 31.4 Å². The van der Waals surface area contributed by atoms with Gasteiger partial charge in [-0.1, -0.05) is 6.07 Å². The number of aryl methyl sites for hydroxylation is 1. The van der Waals surface area contributed by atoms with E-state index in [4.69, 9.17) is 4.42 Å². The molecule has 2 amide bonds. The van der Waals surface area contributed by atoms with Crippen molar-refractivity contribution < 1.29 is 14.3 Å². The van der Waals surface area contributed by atoms with Gasteiger partial charge in [-0.05, 0) is 44.4 Å². The molecule has 0 spiro atoms. The van der Waals surface area contributed by atoms with Crippen LogP contribution in [-0.2, 0) is 12.0 Å². The molecule has 0 aromatic carbocycles. The fourth-order valence-corrected chi connectivity index (χ4v) is 2.96. The van der Waals surface area contributed by atoms with Crippen LogP contribution in [-0.4, -0.2) is 23.7 Å². The SMILES string of the molecule is Cc1ccc([C@](C)(O)CNC(=O)N[C@@H](C)Cc2cccs2)o1. The highest BCUT2D eigenvalue weighted by Crippen LogP contribution is 2.21. The molecule has 5 nitrogen and oxygen atoms in total. The van der Waals surface area contributed by atoms with Crippen molar-refractivity contribution in [3.05, 3.63) is 46.0 Å². The van der Waals surface area contributed by atoms with Crippen LogP contribution in [0, 0.1) is 6.92 Å². The Labute approximate surface area is 134 Å². The topological polar surface area (TPSA) is 74.5 Å². The van der Waals surface area contributed by atoms with Gasteiger partial charge in [0.05, 0.1) is 6.54 Å². The monoisotopic (exact) mass is 322 g/mol. The molecule has 0 saturated heterocycles. The van der Waals surface area contributed by atoms with Crippen LogP contribution in [0.25, 0.3) is 0 Å². The summed E-state index contributed by atoms with van der Waals surface area (Å²) in [6, 6.07) is 7.27. The van der Waals surface area contributed by atoms with Crippen LogP contribution < -0.4 is 10.6 Å². The van der Waals surface area contributed by atoms with Crippen molar-refractivity contribution >= 4 is 17.4 Å². The largest absolute Gasteiger partial charge is 0.463 e. The molecule has 0 aliphatic heterocycles. The summed E-state index contributed by atoms with van der Waals surface area (Å²) in [4.78, 5) is 13.1. The smallest absolute Gasteiger partial charge is 0.315 e. The van der Waals surface area contributed by atoms with Crippen LogP contribution in [0.5, 0.6) is 0 Å². The molecule has 6 heteroatoms. The standard InChI is InChI=1S/C16H22N2O3S/c1-11(9-13-5-4-8-22-13)18-15(19)17-10-16(3,20)14-7-6-12(2)21-14/h4-8,11,20H,9-10H2,1-3H3,(H2,17,18,19)/t11-,16+/m0/s1. The lowest BCUT2D eigenvalue weighted by molar-refractivity contribution is 0.0359. The van der Waals surface area contributed by atoms with Crippen molar-refractivity contribution in [3.8, 4) is 0 Å². The van der Waals surface area contributed by atoms with Gasteiger partial charge < -0.3 is 20.2 Å². The predicted molar refractivity (Wildman–Crippen MR) is 87.0 cm³/mol. The van der Waals surface area contributed by atoms with E-state index in [1.165, 1.54) is 4.88 Å². The molecule has 3 N–H and O–H groups in total. The second kappa shape index (κ2) is 6.98. The Morgan fingerprint density at radius 1 is 1.45 bits per heavy atom. The molecule has 0 fully saturated rings. The first-order chi connectivity index (χ1) is 10.4. The summed E-state index contributed by atoms with van der Waals surface area (Å²) >= 11 is 1.67. The minimum Gasteiger partial charge on any atom is -0.463 e. The number of nitrogens with one attached hydrogen (secondary N) is 2. The van der Waals surface area contributed by atoms with E-state index in [0.29, 0.717) is 5.76 Å². The van der Waals surface area contributed by atoms with E-state index in [2.05, 4.69) is 10.6 Å². The molecule has 0 saturated carbocycles. The van der Waals surface area contributed by atoms with Gasteiger partial charge in [-0.15, -0.1) is 11.3 Å². The molecule has 0 aliphatic rings. The lowest BCUT2D eigenvalue weighted by Crippen LogP contribution is -2.46. The molecule has 2 heterocycles. The molecule has 2 rings (SSSR count). The molecule has 0 unspecified atom stereocenters. The zero-order valence-electron chi connectivity index (χ0n) is 13.1. The summed E-state index contributed by atoms with van der Waals surface area (Å²) in [5, 5.41) is 17.9. The molecule has 0 bridgehead atoms. The Bertz CT molecular complexity index is 605. The highest BCUT2D eigenvalue weighted by Gasteiger charge is 2.27. The van der Waals surface area contributed by atoms with Gasteiger partial charge in [0.25, 0.3) is 0 Å². The van der Waals surface area contributed by atoms with Gasteiger partial charge in [-0.25, -0.2) is 4.79 Å². The number of hydrogen-bond donors (Lipinski definition) is 3. The third kappa shape index (κ3) is 4.61. The van der Waals surface area contributed by atoms with Crippen LogP contribution in [0.4, 0.5) is 4.79 Å². The van der Waals surface area contributed by atoms with Crippen molar-refractivity contribution in [2.75, 3.05) is 6.54 Å². The lowest BCUT2D eigenvalue weighted by atomic mass is 10.0. The highest BCUT2D eigenvalue weighted by molar-refractivity contribution is 7.09. The van der Waals surface area contributed by atoms with E-state index in [9.17, 15) is 9.90 Å². The number of amides is 2. The maximum atomic E-state index is 11.9. The maximum absolute atomic E-state index is 11.9. The van der Waals surface area contributed by atoms with E-state index >= 15 is 0 Å². The number of carbonyl (C=O) groups is 1. The first-order valence-electron chi connectivity index (χ1n) is 7.23. The van der Waals surface area contributed by atoms with Gasteiger partial charge in [-0.3, -0.25) is 0 Å². The summed E-state index contributed by atoms with van der Waals surface area (Å²) < 4.78 is 5.41. The number of aliphatic hydroxyl groups is 1. The van der Waals surface area contributed by atoms with Crippen LogP contribution in [0.1, 0.15) is 30.2 Å². The van der Waals surface area contributed by atoms with Crippen LogP contribution in [0.3, 0.4) is 0 Å². The lowest BCUT2D eigenvalue weighted by Gasteiger charge is -2.22. The molecule has 22 heavy (non-hydrogen) atoms. The fourth-order valence-electron chi connectivity index (χ4n) is 2.12. The zero-order valence-corrected chi connectivity index (χ0v) is 13.9. The summed E-state index contributed by atoms with van der Waals surface area (Å²) in [6.45, 7) is 5.46. The highest BCUT2D eigenvalue weighted by atomic mass is 32.1. The van der Waals surface area contributed by atoms with Gasteiger partial charge in [0.1, 0.15) is 17.1 Å². The van der Waals surface area contributed by atoms with Crippen LogP contribution in [0.15, 0.2) is 34.1 Å². The fraction of sp³-hybridized carbons (Fsp3) is 0.438. The van der Waals surface area contributed by atoms with Gasteiger partial charge in [0.2, 0.25) is 0 Å². The predicted octanol–water partition coefficient (Wildman–Crippen LogP) is 2.79. The van der Waals surface area contributed by atoms with Crippen molar-refractivity contribution in [2.24, 2.45) is 0 Å². The third-order valence-electron chi connectivity index (χ3n) is 3.33. The normalized spacial score (nSPS) is 15.1. The van der Waals surface area contributed by atoms with Gasteiger partial charge >= 0.3 is 6.03 Å². The summed E-state index contributed by atoms with van der Waals surface area (Å²) in [5.74, 6) is 1.17. The van der Waals surface area contributed by atoms with Crippen molar-refractivity contribution in [3.63, 3.8) is 0 Å². The van der Waals surface area contributed by atoms with Gasteiger partial charge in [0, 0.05) is 17.3 Å². The molecule has 2 aromatic heterocycles. The van der Waals surface area contributed by atoms with Crippen molar-refractivity contribution in [1.82, 2.24) is 10.6 Å². The maximum Gasteiger partial charge on any atom is 0.315 e. The quantitative estimate of drug-likeness (QED) is 0.765. The zero-order chi connectivity index (χ0) is 16.2. The van der Waals surface area contributed by atoms with Crippen LogP contribution in [0.2, 0.25) is 0 Å². The average molecular weight is 322 g/mol. The molecule has 120 valence electrons. The van der Waals surface area contributed by atoms with Gasteiger partial charge in [0.15, 0.2) is 0 Å². The number of urea groups is 1. The number of thiophene rings is 1. The molecule has 0 aliphatic carbocycles. The Hall–Kier alpha value is -1.79. The average Bonchev–Trinajstić information content (AvgIpc) is 3.08. The summed E-state index contributed by atoms with van der Waals surface area (Å²) in [5.41, 5.74) is -1.23. The summed E-state index contributed by atoms with van der Waals surface area (Å²) in [7, 11) is 0. The molecule has 2 aromatic rings. The first-order valence-corrected chi connectivity index (χ1v) is 8.11. The van der Waals surface area contributed by atoms with Crippen LogP contribution >= 0.6 is 11.3 Å². The minimum absolute atomic E-state index is 0.0226. The Balaban J connectivity index is 1.79. The Morgan fingerprint density at radius 2 is 2.23 bits per heavy atom. The molecule has 0 radical (unpaired) electrons. The minimum atomic E-state index is -1.23. The number of furan rings is 1. The number of carbonyl (C=O) groups excluding carboxylic acids is 1. The Morgan fingerprint density at radius 3 is 2.82 bits per heavy atom. The Kier molecular flexibility index (Phi) is 5.26. The first kappa shape index (κ1) is 16.6. The molecular formula is C16H22N2O3S. The third-order valence-corrected chi connectivity index (χ3v) is 4.23. The number of rotatable bonds is 6. The van der Waals surface area contributed by atoms with E-state index in [1.54, 1.807) is 30.4 Å². The van der Waals surface area contributed by atoms with Crippen molar-refractivity contribution in [2.45, 2.75) is 38.8 Å². The number of hydrogen-bond acceptors (Lipinski definition) is 4. The molecular weight excluding hydrogens is 300 g/mol. The van der Waals surface area contributed by atoms with E-state index < -0.39 is 5.60 Å². The van der Waals surface area contributed by atoms with E-state index in [0.717, 1.165) is 12.2 Å². The van der Waals surface area contributed by atoms with Crippen molar-refractivity contribution in [1.29, 1.82) is 0 Å². The second-order valence-corrected chi connectivity index (χ2v) is 6.73. The van der Waals surface area contributed by atoms with E-state index in [-0.39, 0.29) is 18.6 Å². The second-order valence-electron chi connectivity index (χ2n) is 5.70.